The van der Waals surface area contributed by atoms with Gasteiger partial charge in [-0.25, -0.2) is 4.90 Å². The Morgan fingerprint density at radius 1 is 1.07 bits per heavy atom. The molecule has 1 fully saturated rings. The molecule has 1 saturated heterocycles. The molecule has 1 unspecified atom stereocenters. The van der Waals surface area contributed by atoms with Crippen LogP contribution < -0.4 is 4.90 Å². The molecule has 0 saturated carbocycles. The van der Waals surface area contributed by atoms with Gasteiger partial charge in [0.05, 0.1) is 5.69 Å². The first kappa shape index (κ1) is 21.4. The third-order valence-electron chi connectivity index (χ3n) is 4.76. The van der Waals surface area contributed by atoms with Crippen LogP contribution in [0.1, 0.15) is 23.1 Å². The number of amides is 2. The number of hydrogen-bond acceptors (Lipinski definition) is 7. The summed E-state index contributed by atoms with van der Waals surface area (Å²) in [6.45, 7) is 3.98. The van der Waals surface area contributed by atoms with Gasteiger partial charge >= 0.3 is 0 Å². The quantitative estimate of drug-likeness (QED) is 0.345. The van der Waals surface area contributed by atoms with E-state index in [1.165, 1.54) is 28.0 Å². The van der Waals surface area contributed by atoms with E-state index in [1.807, 2.05) is 56.3 Å². The van der Waals surface area contributed by atoms with Crippen LogP contribution in [-0.4, -0.2) is 27.3 Å². The summed E-state index contributed by atoms with van der Waals surface area (Å²) in [4.78, 5) is 26.7. The fourth-order valence-electron chi connectivity index (χ4n) is 2.98. The van der Waals surface area contributed by atoms with Crippen LogP contribution in [0.2, 0.25) is 5.02 Å². The Kier molecular flexibility index (Phi) is 6.48. The Hall–Kier alpha value is -1.87. The lowest BCUT2D eigenvalue weighted by Gasteiger charge is -2.16. The van der Waals surface area contributed by atoms with E-state index >= 15 is 0 Å². The maximum atomic E-state index is 12.9. The first-order valence-electron chi connectivity index (χ1n) is 9.22. The highest BCUT2D eigenvalue weighted by Gasteiger charge is 2.40. The number of rotatable bonds is 6. The summed E-state index contributed by atoms with van der Waals surface area (Å²) in [5.74, 6) is 0.388. The van der Waals surface area contributed by atoms with Crippen molar-refractivity contribution in [3.05, 3.63) is 64.2 Å². The third kappa shape index (κ3) is 4.72. The Morgan fingerprint density at radius 3 is 2.53 bits per heavy atom. The standard InChI is InChI=1S/C21H18ClN3O2S3/c1-12-3-8-16(9-13(12)2)25-18(26)10-17(19(25)27)29-21-24-23-20(30-21)28-11-14-4-6-15(22)7-5-14/h3-9,17H,10-11H2,1-2H3. The number of aromatic nitrogens is 2. The molecule has 1 aromatic heterocycles. The molecule has 1 aliphatic heterocycles. The molecule has 2 aromatic carbocycles. The predicted octanol–water partition coefficient (Wildman–Crippen LogP) is 5.52. The van der Waals surface area contributed by atoms with Crippen molar-refractivity contribution in [1.29, 1.82) is 0 Å². The molecule has 4 rings (SSSR count). The van der Waals surface area contributed by atoms with Crippen molar-refractivity contribution < 1.29 is 9.59 Å². The summed E-state index contributed by atoms with van der Waals surface area (Å²) < 4.78 is 1.52. The van der Waals surface area contributed by atoms with Gasteiger partial charge in [-0.05, 0) is 54.8 Å². The Balaban J connectivity index is 1.40. The van der Waals surface area contributed by atoms with E-state index in [0.29, 0.717) is 15.0 Å². The molecular formula is C21H18ClN3O2S3. The second kappa shape index (κ2) is 9.09. The number of nitrogens with zero attached hydrogens (tertiary/aromatic N) is 3. The van der Waals surface area contributed by atoms with E-state index in [2.05, 4.69) is 10.2 Å². The third-order valence-corrected chi connectivity index (χ3v) is 8.41. The number of hydrogen-bond donors (Lipinski definition) is 0. The van der Waals surface area contributed by atoms with Crippen molar-refractivity contribution >= 4 is 64.0 Å². The zero-order chi connectivity index (χ0) is 21.3. The first-order valence-corrected chi connectivity index (χ1v) is 12.3. The fourth-order valence-corrected chi connectivity index (χ4v) is 6.35. The van der Waals surface area contributed by atoms with Gasteiger partial charge in [-0.3, -0.25) is 9.59 Å². The second-order valence-corrected chi connectivity index (χ2v) is 11.0. The summed E-state index contributed by atoms with van der Waals surface area (Å²) in [7, 11) is 0. The normalized spacial score (nSPS) is 16.5. The summed E-state index contributed by atoms with van der Waals surface area (Å²) in [6.07, 6.45) is 0.170. The molecule has 30 heavy (non-hydrogen) atoms. The summed E-state index contributed by atoms with van der Waals surface area (Å²) in [6, 6.07) is 13.3. The zero-order valence-corrected chi connectivity index (χ0v) is 19.5. The topological polar surface area (TPSA) is 63.2 Å². The number of aryl methyl sites for hydroxylation is 2. The van der Waals surface area contributed by atoms with Crippen LogP contribution in [0, 0.1) is 13.8 Å². The largest absolute Gasteiger partial charge is 0.274 e. The van der Waals surface area contributed by atoms with Crippen LogP contribution in [0.4, 0.5) is 5.69 Å². The number of benzene rings is 2. The lowest BCUT2D eigenvalue weighted by Crippen LogP contribution is -2.31. The SMILES string of the molecule is Cc1ccc(N2C(=O)CC(Sc3nnc(SCc4ccc(Cl)cc4)s3)C2=O)cc1C. The minimum atomic E-state index is -0.471. The van der Waals surface area contributed by atoms with Gasteiger partial charge in [-0.15, -0.1) is 10.2 Å². The van der Waals surface area contributed by atoms with Crippen molar-refractivity contribution in [3.8, 4) is 0 Å². The predicted molar refractivity (Wildman–Crippen MR) is 124 cm³/mol. The molecule has 0 spiro atoms. The van der Waals surface area contributed by atoms with Gasteiger partial charge in [-0.1, -0.05) is 64.7 Å². The van der Waals surface area contributed by atoms with Gasteiger partial charge in [0, 0.05) is 17.2 Å². The lowest BCUT2D eigenvalue weighted by atomic mass is 10.1. The number of anilines is 1. The van der Waals surface area contributed by atoms with Crippen molar-refractivity contribution in [3.63, 3.8) is 0 Å². The van der Waals surface area contributed by atoms with E-state index in [1.54, 1.807) is 11.8 Å². The minimum Gasteiger partial charge on any atom is -0.274 e. The summed E-state index contributed by atoms with van der Waals surface area (Å²) >= 11 is 10.3. The molecule has 0 N–H and O–H groups in total. The van der Waals surface area contributed by atoms with Gasteiger partial charge in [0.1, 0.15) is 5.25 Å². The minimum absolute atomic E-state index is 0.170. The number of carbonyl (C=O) groups is 2. The highest BCUT2D eigenvalue weighted by Crippen LogP contribution is 2.37. The Morgan fingerprint density at radius 2 is 1.80 bits per heavy atom. The van der Waals surface area contributed by atoms with Crippen molar-refractivity contribution in [1.82, 2.24) is 10.2 Å². The molecule has 2 heterocycles. The van der Waals surface area contributed by atoms with E-state index in [0.717, 1.165) is 26.8 Å². The van der Waals surface area contributed by atoms with Gasteiger partial charge in [0.15, 0.2) is 8.68 Å². The Labute approximate surface area is 192 Å². The monoisotopic (exact) mass is 475 g/mol. The van der Waals surface area contributed by atoms with Crippen molar-refractivity contribution in [2.45, 2.75) is 40.0 Å². The summed E-state index contributed by atoms with van der Waals surface area (Å²) in [5, 5.41) is 8.65. The average Bonchev–Trinajstić information content (AvgIpc) is 3.28. The maximum absolute atomic E-state index is 12.9. The number of thioether (sulfide) groups is 2. The van der Waals surface area contributed by atoms with Crippen molar-refractivity contribution in [2.75, 3.05) is 4.90 Å². The molecule has 154 valence electrons. The zero-order valence-electron chi connectivity index (χ0n) is 16.3. The van der Waals surface area contributed by atoms with Gasteiger partial charge in [0.2, 0.25) is 11.8 Å². The van der Waals surface area contributed by atoms with Crippen LogP contribution in [0.3, 0.4) is 0 Å². The maximum Gasteiger partial charge on any atom is 0.247 e. The second-order valence-electron chi connectivity index (χ2n) is 6.90. The van der Waals surface area contributed by atoms with Crippen molar-refractivity contribution in [2.24, 2.45) is 0 Å². The molecule has 1 aliphatic rings. The van der Waals surface area contributed by atoms with Crippen LogP contribution in [0.5, 0.6) is 0 Å². The van der Waals surface area contributed by atoms with Gasteiger partial charge < -0.3 is 0 Å². The molecule has 0 aliphatic carbocycles. The number of halogens is 1. The Bertz CT molecular complexity index is 1100. The molecule has 1 atom stereocenters. The van der Waals surface area contributed by atoms with Crippen LogP contribution in [0.15, 0.2) is 51.1 Å². The average molecular weight is 476 g/mol. The summed E-state index contributed by atoms with van der Waals surface area (Å²) in [5.41, 5.74) is 3.96. The van der Waals surface area contributed by atoms with E-state index in [4.69, 9.17) is 11.6 Å². The highest BCUT2D eigenvalue weighted by molar-refractivity contribution is 8.03. The smallest absolute Gasteiger partial charge is 0.247 e. The van der Waals surface area contributed by atoms with Crippen LogP contribution >= 0.6 is 46.5 Å². The number of carbonyl (C=O) groups excluding carboxylic acids is 2. The van der Waals surface area contributed by atoms with Crippen LogP contribution in [-0.2, 0) is 15.3 Å². The molecule has 2 amide bonds. The van der Waals surface area contributed by atoms with Crippen LogP contribution in [0.25, 0.3) is 0 Å². The van der Waals surface area contributed by atoms with E-state index in [-0.39, 0.29) is 18.2 Å². The molecule has 3 aromatic rings. The van der Waals surface area contributed by atoms with Gasteiger partial charge in [0.25, 0.3) is 0 Å². The lowest BCUT2D eigenvalue weighted by molar-refractivity contribution is -0.121. The highest BCUT2D eigenvalue weighted by atomic mass is 35.5. The molecule has 5 nitrogen and oxygen atoms in total. The first-order chi connectivity index (χ1) is 14.4. The molecule has 0 bridgehead atoms. The fraction of sp³-hybridized carbons (Fsp3) is 0.238. The molecule has 9 heteroatoms. The number of imide groups is 1. The van der Waals surface area contributed by atoms with E-state index < -0.39 is 5.25 Å². The van der Waals surface area contributed by atoms with Gasteiger partial charge in [-0.2, -0.15) is 0 Å². The molecular weight excluding hydrogens is 458 g/mol. The van der Waals surface area contributed by atoms with E-state index in [9.17, 15) is 9.59 Å². The molecule has 0 radical (unpaired) electrons.